The number of ether oxygens (including phenoxy) is 2. The first-order valence-electron chi connectivity index (χ1n) is 14.4. The van der Waals surface area contributed by atoms with Crippen molar-refractivity contribution in [1.29, 1.82) is 5.26 Å². The Labute approximate surface area is 227 Å². The third-order valence-electron chi connectivity index (χ3n) is 7.63. The smallest absolute Gasteiger partial charge is 0.119 e. The molecular weight excluding hydrogens is 456 g/mol. The van der Waals surface area contributed by atoms with Gasteiger partial charge >= 0.3 is 0 Å². The molecule has 0 fully saturated rings. The molecular formula is C33H50N2O2. The summed E-state index contributed by atoms with van der Waals surface area (Å²) in [6.07, 6.45) is 15.7. The molecule has 1 atom stereocenters. The first-order chi connectivity index (χ1) is 18.1. The van der Waals surface area contributed by atoms with Crippen LogP contribution >= 0.6 is 0 Å². The molecule has 0 aliphatic carbocycles. The van der Waals surface area contributed by atoms with E-state index in [-0.39, 0.29) is 0 Å². The first kappa shape index (κ1) is 30.7. The highest BCUT2D eigenvalue weighted by Gasteiger charge is 2.32. The summed E-state index contributed by atoms with van der Waals surface area (Å²) < 4.78 is 10.9. The quantitative estimate of drug-likeness (QED) is 0.169. The monoisotopic (exact) mass is 506 g/mol. The van der Waals surface area contributed by atoms with Gasteiger partial charge in [0.2, 0.25) is 0 Å². The molecule has 1 unspecified atom stereocenters. The summed E-state index contributed by atoms with van der Waals surface area (Å²) in [5.41, 5.74) is 1.88. The molecule has 0 spiro atoms. The molecule has 2 aromatic carbocycles. The lowest BCUT2D eigenvalue weighted by Crippen LogP contribution is -2.32. The highest BCUT2D eigenvalue weighted by Crippen LogP contribution is 2.35. The van der Waals surface area contributed by atoms with Crippen LogP contribution in [0.25, 0.3) is 0 Å². The van der Waals surface area contributed by atoms with Crippen LogP contribution in [0, 0.1) is 11.3 Å². The maximum atomic E-state index is 10.5. The Morgan fingerprint density at radius 1 is 0.757 bits per heavy atom. The molecule has 0 heterocycles. The van der Waals surface area contributed by atoms with E-state index < -0.39 is 5.41 Å². The molecule has 0 amide bonds. The van der Waals surface area contributed by atoms with Crippen LogP contribution in [0.15, 0.2) is 48.5 Å². The fourth-order valence-corrected chi connectivity index (χ4v) is 5.07. The number of nitriles is 1. The lowest BCUT2D eigenvalue weighted by Gasteiger charge is -2.30. The maximum absolute atomic E-state index is 10.5. The zero-order valence-corrected chi connectivity index (χ0v) is 23.9. The van der Waals surface area contributed by atoms with E-state index >= 15 is 0 Å². The number of nitrogens with zero attached hydrogens (tertiary/aromatic N) is 2. The number of unbranched alkanes of at least 4 members (excludes halogenated alkanes) is 9. The van der Waals surface area contributed by atoms with Gasteiger partial charge in [-0.2, -0.15) is 5.26 Å². The molecule has 4 heteroatoms. The minimum absolute atomic E-state index is 0.487. The molecule has 0 aliphatic heterocycles. The average molecular weight is 507 g/mol. The largest absolute Gasteiger partial charge is 0.497 e. The van der Waals surface area contributed by atoms with E-state index in [1.807, 2.05) is 24.3 Å². The summed E-state index contributed by atoms with van der Waals surface area (Å²) in [6, 6.07) is 19.2. The third kappa shape index (κ3) is 11.2. The topological polar surface area (TPSA) is 45.5 Å². The van der Waals surface area contributed by atoms with Gasteiger partial charge in [0.15, 0.2) is 0 Å². The molecule has 4 nitrogen and oxygen atoms in total. The fourth-order valence-electron chi connectivity index (χ4n) is 5.07. The minimum atomic E-state index is -0.487. The van der Waals surface area contributed by atoms with Crippen molar-refractivity contribution in [2.45, 2.75) is 95.8 Å². The van der Waals surface area contributed by atoms with Gasteiger partial charge in [-0.15, -0.1) is 0 Å². The average Bonchev–Trinajstić information content (AvgIpc) is 2.94. The molecule has 2 aromatic rings. The molecule has 0 aliphatic rings. The zero-order chi connectivity index (χ0) is 26.8. The summed E-state index contributed by atoms with van der Waals surface area (Å²) in [5.74, 6) is 1.73. The van der Waals surface area contributed by atoms with Crippen molar-refractivity contribution >= 4 is 0 Å². The number of rotatable bonds is 20. The molecule has 2 rings (SSSR count). The van der Waals surface area contributed by atoms with Crippen LogP contribution in [0.1, 0.15) is 95.1 Å². The predicted octanol–water partition coefficient (Wildman–Crippen LogP) is 8.34. The van der Waals surface area contributed by atoms with E-state index in [0.717, 1.165) is 55.8 Å². The van der Waals surface area contributed by atoms with Gasteiger partial charge in [0.25, 0.3) is 0 Å². The molecule has 37 heavy (non-hydrogen) atoms. The number of hydrogen-bond donors (Lipinski definition) is 0. The van der Waals surface area contributed by atoms with E-state index in [1.165, 1.54) is 63.4 Å². The van der Waals surface area contributed by atoms with E-state index in [4.69, 9.17) is 9.47 Å². The molecule has 0 N–H and O–H groups in total. The second-order valence-corrected chi connectivity index (χ2v) is 10.5. The SMILES string of the molecule is CCCCCCCCCCCCC(C#N)(CCN(C)CCc1cccc(OC)c1)c1cccc(OC)c1. The van der Waals surface area contributed by atoms with Gasteiger partial charge in [-0.25, -0.2) is 0 Å². The van der Waals surface area contributed by atoms with Crippen LogP contribution < -0.4 is 9.47 Å². The van der Waals surface area contributed by atoms with Crippen molar-refractivity contribution in [2.75, 3.05) is 34.4 Å². The molecule has 0 radical (unpaired) electrons. The number of methoxy groups -OCH3 is 2. The van der Waals surface area contributed by atoms with Crippen LogP contribution in [-0.4, -0.2) is 39.3 Å². The maximum Gasteiger partial charge on any atom is 0.119 e. The standard InChI is InChI=1S/C33H50N2O2/c1-5-6-7-8-9-10-11-12-13-14-22-33(28-34,30-18-16-20-32(27-30)37-4)23-25-35(2)24-21-29-17-15-19-31(26-29)36-3/h15-20,26-27H,5-14,21-25H2,1-4H3. The number of hydrogen-bond acceptors (Lipinski definition) is 4. The summed E-state index contributed by atoms with van der Waals surface area (Å²) in [6.45, 7) is 4.10. The second-order valence-electron chi connectivity index (χ2n) is 10.5. The minimum Gasteiger partial charge on any atom is -0.497 e. The van der Waals surface area contributed by atoms with Gasteiger partial charge in [-0.3, -0.25) is 0 Å². The van der Waals surface area contributed by atoms with E-state index in [2.05, 4.69) is 49.2 Å². The summed E-state index contributed by atoms with van der Waals surface area (Å²) >= 11 is 0. The Hall–Kier alpha value is -2.51. The molecule has 204 valence electrons. The lowest BCUT2D eigenvalue weighted by atomic mass is 9.74. The Morgan fingerprint density at radius 3 is 1.97 bits per heavy atom. The molecule has 0 saturated carbocycles. The second kappa shape index (κ2) is 17.9. The molecule has 0 bridgehead atoms. The third-order valence-corrected chi connectivity index (χ3v) is 7.63. The Morgan fingerprint density at radius 2 is 1.35 bits per heavy atom. The van der Waals surface area contributed by atoms with Gasteiger partial charge in [0.1, 0.15) is 11.5 Å². The highest BCUT2D eigenvalue weighted by atomic mass is 16.5. The number of benzene rings is 2. The highest BCUT2D eigenvalue weighted by molar-refractivity contribution is 5.38. The van der Waals surface area contributed by atoms with Crippen molar-refractivity contribution in [3.63, 3.8) is 0 Å². The van der Waals surface area contributed by atoms with E-state index in [9.17, 15) is 5.26 Å². The fraction of sp³-hybridized carbons (Fsp3) is 0.606. The van der Waals surface area contributed by atoms with E-state index in [1.54, 1.807) is 14.2 Å². The predicted molar refractivity (Wildman–Crippen MR) is 156 cm³/mol. The Kier molecular flexibility index (Phi) is 14.8. The van der Waals surface area contributed by atoms with Crippen LogP contribution in [0.2, 0.25) is 0 Å². The first-order valence-corrected chi connectivity index (χ1v) is 14.4. The summed E-state index contributed by atoms with van der Waals surface area (Å²) in [7, 11) is 5.57. The van der Waals surface area contributed by atoms with Gasteiger partial charge in [-0.1, -0.05) is 95.4 Å². The van der Waals surface area contributed by atoms with E-state index in [0.29, 0.717) is 0 Å². The van der Waals surface area contributed by atoms with Crippen molar-refractivity contribution in [3.8, 4) is 17.6 Å². The van der Waals surface area contributed by atoms with Crippen molar-refractivity contribution in [3.05, 3.63) is 59.7 Å². The molecule has 0 aromatic heterocycles. The summed E-state index contributed by atoms with van der Waals surface area (Å²) in [5, 5.41) is 10.5. The Bertz CT molecular complexity index is 923. The molecule has 0 saturated heterocycles. The van der Waals surface area contributed by atoms with Crippen molar-refractivity contribution < 1.29 is 9.47 Å². The van der Waals surface area contributed by atoms with Crippen molar-refractivity contribution in [2.24, 2.45) is 0 Å². The van der Waals surface area contributed by atoms with Crippen molar-refractivity contribution in [1.82, 2.24) is 4.90 Å². The van der Waals surface area contributed by atoms with Crippen LogP contribution in [0.4, 0.5) is 0 Å². The van der Waals surface area contributed by atoms with Gasteiger partial charge in [0.05, 0.1) is 25.7 Å². The van der Waals surface area contributed by atoms with Gasteiger partial charge in [0, 0.05) is 6.54 Å². The zero-order valence-electron chi connectivity index (χ0n) is 23.9. The van der Waals surface area contributed by atoms with Gasteiger partial charge in [-0.05, 0) is 68.2 Å². The van der Waals surface area contributed by atoms with Crippen LogP contribution in [-0.2, 0) is 11.8 Å². The Balaban J connectivity index is 1.91. The van der Waals surface area contributed by atoms with Crippen LogP contribution in [0.5, 0.6) is 11.5 Å². The van der Waals surface area contributed by atoms with Gasteiger partial charge < -0.3 is 14.4 Å². The van der Waals surface area contributed by atoms with Crippen LogP contribution in [0.3, 0.4) is 0 Å². The lowest BCUT2D eigenvalue weighted by molar-refractivity contribution is 0.294. The normalized spacial score (nSPS) is 12.8. The summed E-state index contributed by atoms with van der Waals surface area (Å²) in [4.78, 5) is 2.35. The number of likely N-dealkylation sites (N-methyl/N-ethyl adjacent to an activating group) is 1.